The minimum absolute atomic E-state index is 0.0851. The molecule has 0 spiro atoms. The molecule has 0 aromatic heterocycles. The van der Waals surface area contributed by atoms with E-state index in [1.807, 2.05) is 30.3 Å². The highest BCUT2D eigenvalue weighted by Crippen LogP contribution is 2.46. The van der Waals surface area contributed by atoms with E-state index in [4.69, 9.17) is 12.2 Å². The fraction of sp³-hybridized carbons (Fsp3) is 0.222. The maximum Gasteiger partial charge on any atom is 0.257 e. The predicted molar refractivity (Wildman–Crippen MR) is 106 cm³/mol. The Kier molecular flexibility index (Phi) is 4.28. The lowest BCUT2D eigenvalue weighted by molar-refractivity contribution is -0.119. The molecule has 122 valence electrons. The predicted octanol–water partition coefficient (Wildman–Crippen LogP) is 4.16. The summed E-state index contributed by atoms with van der Waals surface area (Å²) in [5.74, 6) is 0.860. The van der Waals surface area contributed by atoms with Gasteiger partial charge in [0.2, 0.25) is 0 Å². The van der Waals surface area contributed by atoms with Crippen LogP contribution in [0.5, 0.6) is 0 Å². The Balaban J connectivity index is 1.65. The minimum Gasteiger partial charge on any atom is -0.319 e. The van der Waals surface area contributed by atoms with Gasteiger partial charge in [-0.3, -0.25) is 9.69 Å². The molecule has 0 saturated carbocycles. The van der Waals surface area contributed by atoms with Crippen molar-refractivity contribution in [1.82, 2.24) is 4.90 Å². The SMILES string of the molecule is CSc1ccc(C2SCC3C(=O)N(c4ccccc4)C(=S)N32)cc1. The smallest absolute Gasteiger partial charge is 0.257 e. The van der Waals surface area contributed by atoms with E-state index in [-0.39, 0.29) is 17.3 Å². The molecule has 2 saturated heterocycles. The third kappa shape index (κ3) is 2.53. The number of thioether (sulfide) groups is 2. The topological polar surface area (TPSA) is 23.6 Å². The molecule has 2 aromatic rings. The molecule has 2 atom stereocenters. The van der Waals surface area contributed by atoms with Gasteiger partial charge in [-0.1, -0.05) is 30.3 Å². The van der Waals surface area contributed by atoms with Crippen LogP contribution in [0, 0.1) is 0 Å². The van der Waals surface area contributed by atoms with Gasteiger partial charge >= 0.3 is 0 Å². The normalized spacial score (nSPS) is 23.0. The number of nitrogens with zero attached hydrogens (tertiary/aromatic N) is 2. The van der Waals surface area contributed by atoms with Gasteiger partial charge in [0, 0.05) is 10.6 Å². The van der Waals surface area contributed by atoms with Crippen LogP contribution in [0.15, 0.2) is 59.5 Å². The highest BCUT2D eigenvalue weighted by molar-refractivity contribution is 8.00. The van der Waals surface area contributed by atoms with Crippen molar-refractivity contribution in [3.63, 3.8) is 0 Å². The van der Waals surface area contributed by atoms with Crippen molar-refractivity contribution >= 4 is 52.4 Å². The Bertz CT molecular complexity index is 779. The Morgan fingerprint density at radius 2 is 1.83 bits per heavy atom. The van der Waals surface area contributed by atoms with Gasteiger partial charge in [0.05, 0.1) is 5.69 Å². The van der Waals surface area contributed by atoms with Crippen molar-refractivity contribution in [3.05, 3.63) is 60.2 Å². The quantitative estimate of drug-likeness (QED) is 0.595. The average Bonchev–Trinajstić information content (AvgIpc) is 3.17. The zero-order valence-corrected chi connectivity index (χ0v) is 15.5. The monoisotopic (exact) mass is 372 g/mol. The van der Waals surface area contributed by atoms with E-state index >= 15 is 0 Å². The molecule has 2 unspecified atom stereocenters. The van der Waals surface area contributed by atoms with Gasteiger partial charge in [-0.25, -0.2) is 0 Å². The first kappa shape index (κ1) is 16.0. The van der Waals surface area contributed by atoms with Gasteiger partial charge in [-0.2, -0.15) is 0 Å². The maximum atomic E-state index is 12.9. The number of benzene rings is 2. The molecule has 0 bridgehead atoms. The summed E-state index contributed by atoms with van der Waals surface area (Å²) in [4.78, 5) is 17.9. The number of carbonyl (C=O) groups excluding carboxylic acids is 1. The molecule has 2 aliphatic heterocycles. The van der Waals surface area contributed by atoms with Crippen molar-refractivity contribution in [1.29, 1.82) is 0 Å². The number of hydrogen-bond donors (Lipinski definition) is 0. The first-order valence-corrected chi connectivity index (χ1v) is 10.4. The summed E-state index contributed by atoms with van der Waals surface area (Å²) in [6.45, 7) is 0. The number of thiocarbonyl (C=S) groups is 1. The van der Waals surface area contributed by atoms with E-state index in [9.17, 15) is 4.79 Å². The summed E-state index contributed by atoms with van der Waals surface area (Å²) >= 11 is 9.20. The zero-order chi connectivity index (χ0) is 16.7. The summed E-state index contributed by atoms with van der Waals surface area (Å²) in [5.41, 5.74) is 2.05. The average molecular weight is 373 g/mol. The highest BCUT2D eigenvalue weighted by atomic mass is 32.2. The second-order valence-corrected chi connectivity index (χ2v) is 8.03. The third-order valence-corrected chi connectivity index (χ3v) is 6.79. The van der Waals surface area contributed by atoms with Crippen LogP contribution in [0.25, 0.3) is 0 Å². The second-order valence-electron chi connectivity index (χ2n) is 5.67. The lowest BCUT2D eigenvalue weighted by atomic mass is 10.2. The van der Waals surface area contributed by atoms with Gasteiger partial charge in [-0.15, -0.1) is 23.5 Å². The van der Waals surface area contributed by atoms with Crippen LogP contribution in [-0.4, -0.2) is 34.0 Å². The molecular weight excluding hydrogens is 356 g/mol. The van der Waals surface area contributed by atoms with E-state index < -0.39 is 0 Å². The molecule has 6 heteroatoms. The number of anilines is 1. The van der Waals surface area contributed by atoms with Crippen molar-refractivity contribution < 1.29 is 4.79 Å². The van der Waals surface area contributed by atoms with E-state index in [1.165, 1.54) is 10.5 Å². The fourth-order valence-electron chi connectivity index (χ4n) is 3.13. The molecule has 2 fully saturated rings. The molecule has 0 radical (unpaired) electrons. The van der Waals surface area contributed by atoms with Gasteiger partial charge in [0.15, 0.2) is 5.11 Å². The van der Waals surface area contributed by atoms with E-state index in [1.54, 1.807) is 28.4 Å². The second kappa shape index (κ2) is 6.43. The van der Waals surface area contributed by atoms with Gasteiger partial charge in [0.25, 0.3) is 5.91 Å². The Hall–Kier alpha value is -1.50. The fourth-order valence-corrected chi connectivity index (χ4v) is 5.46. The molecule has 1 amide bonds. The molecule has 4 rings (SSSR count). The van der Waals surface area contributed by atoms with Crippen LogP contribution in [0.3, 0.4) is 0 Å². The van der Waals surface area contributed by atoms with Crippen molar-refractivity contribution in [2.75, 3.05) is 16.9 Å². The summed E-state index contributed by atoms with van der Waals surface area (Å²) in [5, 5.41) is 0.719. The van der Waals surface area contributed by atoms with E-state index in [0.717, 1.165) is 11.4 Å². The molecule has 2 heterocycles. The Labute approximate surface area is 155 Å². The summed E-state index contributed by atoms with van der Waals surface area (Å²) < 4.78 is 0. The largest absolute Gasteiger partial charge is 0.319 e. The third-order valence-electron chi connectivity index (χ3n) is 4.33. The van der Waals surface area contributed by atoms with Crippen molar-refractivity contribution in [3.8, 4) is 0 Å². The molecule has 0 N–H and O–H groups in total. The zero-order valence-electron chi connectivity index (χ0n) is 13.1. The number of amides is 1. The first-order chi connectivity index (χ1) is 11.7. The van der Waals surface area contributed by atoms with Gasteiger partial charge in [-0.05, 0) is 48.3 Å². The van der Waals surface area contributed by atoms with Crippen LogP contribution in [0.4, 0.5) is 5.69 Å². The summed E-state index contributed by atoms with van der Waals surface area (Å²) in [6, 6.07) is 18.1. The highest BCUT2D eigenvalue weighted by Gasteiger charge is 2.50. The van der Waals surface area contributed by atoms with Crippen LogP contribution in [0.1, 0.15) is 10.9 Å². The van der Waals surface area contributed by atoms with Crippen LogP contribution in [0.2, 0.25) is 0 Å². The lowest BCUT2D eigenvalue weighted by Gasteiger charge is -2.25. The summed E-state index contributed by atoms with van der Waals surface area (Å²) in [7, 11) is 0. The standard InChI is InChI=1S/C18H16N2OS3/c1-23-14-9-7-12(8-10-14)17-20-15(11-24-17)16(21)19(18(20)22)13-5-3-2-4-6-13/h2-10,15,17H,11H2,1H3. The van der Waals surface area contributed by atoms with E-state index in [0.29, 0.717) is 5.11 Å². The van der Waals surface area contributed by atoms with Gasteiger partial charge < -0.3 is 4.90 Å². The molecular formula is C18H16N2OS3. The summed E-state index contributed by atoms with van der Waals surface area (Å²) in [6.07, 6.45) is 2.07. The molecule has 2 aliphatic rings. The Morgan fingerprint density at radius 1 is 1.12 bits per heavy atom. The van der Waals surface area contributed by atoms with Crippen LogP contribution >= 0.6 is 35.7 Å². The van der Waals surface area contributed by atoms with Gasteiger partial charge in [0.1, 0.15) is 11.4 Å². The number of carbonyl (C=O) groups is 1. The van der Waals surface area contributed by atoms with Crippen molar-refractivity contribution in [2.24, 2.45) is 0 Å². The Morgan fingerprint density at radius 3 is 2.50 bits per heavy atom. The molecule has 0 aliphatic carbocycles. The number of rotatable bonds is 3. The minimum atomic E-state index is -0.159. The lowest BCUT2D eigenvalue weighted by Crippen LogP contribution is -2.33. The number of hydrogen-bond acceptors (Lipinski definition) is 4. The first-order valence-electron chi connectivity index (χ1n) is 7.67. The van der Waals surface area contributed by atoms with Crippen LogP contribution in [-0.2, 0) is 4.79 Å². The number of para-hydroxylation sites is 1. The van der Waals surface area contributed by atoms with Crippen molar-refractivity contribution in [2.45, 2.75) is 16.3 Å². The molecule has 2 aromatic carbocycles. The van der Waals surface area contributed by atoms with Crippen LogP contribution < -0.4 is 4.90 Å². The maximum absolute atomic E-state index is 12.9. The molecule has 3 nitrogen and oxygen atoms in total. The van der Waals surface area contributed by atoms with E-state index in [2.05, 4.69) is 35.4 Å². The number of fused-ring (bicyclic) bond motifs is 1. The molecule has 24 heavy (non-hydrogen) atoms.